The molecule has 4 rings (SSSR count). The summed E-state index contributed by atoms with van der Waals surface area (Å²) in [5.41, 5.74) is 2.91. The van der Waals surface area contributed by atoms with Gasteiger partial charge in [0, 0.05) is 11.5 Å². The SMILES string of the molecule is COc1cc(-n2nc3ccc4ccccc4c3n2)ccc1C=O. The van der Waals surface area contributed by atoms with Crippen LogP contribution in [-0.2, 0) is 0 Å². The van der Waals surface area contributed by atoms with E-state index in [0.717, 1.165) is 33.8 Å². The van der Waals surface area contributed by atoms with Crippen molar-refractivity contribution in [3.05, 3.63) is 60.2 Å². The van der Waals surface area contributed by atoms with E-state index in [4.69, 9.17) is 4.74 Å². The summed E-state index contributed by atoms with van der Waals surface area (Å²) >= 11 is 0. The summed E-state index contributed by atoms with van der Waals surface area (Å²) in [6.07, 6.45) is 0.767. The Balaban J connectivity index is 1.92. The van der Waals surface area contributed by atoms with Gasteiger partial charge in [-0.25, -0.2) is 0 Å². The number of carbonyl (C=O) groups excluding carboxylic acids is 1. The highest BCUT2D eigenvalue weighted by Crippen LogP contribution is 2.25. The normalized spacial score (nSPS) is 11.0. The second-order valence-corrected chi connectivity index (χ2v) is 5.19. The minimum Gasteiger partial charge on any atom is -0.496 e. The summed E-state index contributed by atoms with van der Waals surface area (Å²) in [6.45, 7) is 0. The average molecular weight is 303 g/mol. The summed E-state index contributed by atoms with van der Waals surface area (Å²) in [5.74, 6) is 0.503. The topological polar surface area (TPSA) is 57.0 Å². The highest BCUT2D eigenvalue weighted by Gasteiger charge is 2.10. The first-order valence-electron chi connectivity index (χ1n) is 7.18. The Kier molecular flexibility index (Phi) is 3.05. The van der Waals surface area contributed by atoms with E-state index in [1.807, 2.05) is 30.3 Å². The van der Waals surface area contributed by atoms with E-state index in [-0.39, 0.29) is 0 Å². The van der Waals surface area contributed by atoms with Gasteiger partial charge in [0.05, 0.1) is 18.4 Å². The summed E-state index contributed by atoms with van der Waals surface area (Å²) in [6, 6.07) is 17.3. The van der Waals surface area contributed by atoms with Gasteiger partial charge in [0.1, 0.15) is 16.8 Å². The van der Waals surface area contributed by atoms with Crippen molar-refractivity contribution in [2.75, 3.05) is 7.11 Å². The molecule has 5 nitrogen and oxygen atoms in total. The molecule has 3 aromatic carbocycles. The number of hydrogen-bond acceptors (Lipinski definition) is 4. The van der Waals surface area contributed by atoms with E-state index in [2.05, 4.69) is 16.3 Å². The van der Waals surface area contributed by atoms with Crippen LogP contribution < -0.4 is 4.74 Å². The van der Waals surface area contributed by atoms with Crippen LogP contribution >= 0.6 is 0 Å². The Bertz CT molecular complexity index is 1040. The zero-order valence-electron chi connectivity index (χ0n) is 12.4. The van der Waals surface area contributed by atoms with Gasteiger partial charge in [-0.15, -0.1) is 10.2 Å². The molecule has 0 bridgehead atoms. The fraction of sp³-hybridized carbons (Fsp3) is 0.0556. The van der Waals surface area contributed by atoms with Gasteiger partial charge in [-0.05, 0) is 23.6 Å². The molecule has 0 amide bonds. The van der Waals surface area contributed by atoms with E-state index in [1.165, 1.54) is 7.11 Å². The van der Waals surface area contributed by atoms with Gasteiger partial charge in [0.15, 0.2) is 6.29 Å². The first kappa shape index (κ1) is 13.5. The molecule has 0 aliphatic rings. The average Bonchev–Trinajstić information content (AvgIpc) is 3.05. The van der Waals surface area contributed by atoms with Crippen molar-refractivity contribution in [1.29, 1.82) is 0 Å². The van der Waals surface area contributed by atoms with Crippen LogP contribution in [0, 0.1) is 0 Å². The maximum atomic E-state index is 11.0. The van der Waals surface area contributed by atoms with Crippen LogP contribution in [0.4, 0.5) is 0 Å². The second-order valence-electron chi connectivity index (χ2n) is 5.19. The lowest BCUT2D eigenvalue weighted by Gasteiger charge is -2.05. The molecule has 0 saturated heterocycles. The first-order valence-corrected chi connectivity index (χ1v) is 7.18. The minimum atomic E-state index is 0.499. The summed E-state index contributed by atoms with van der Waals surface area (Å²) in [5, 5.41) is 11.3. The molecule has 0 radical (unpaired) electrons. The smallest absolute Gasteiger partial charge is 0.153 e. The van der Waals surface area contributed by atoms with Crippen LogP contribution in [0.1, 0.15) is 10.4 Å². The van der Waals surface area contributed by atoms with Gasteiger partial charge >= 0.3 is 0 Å². The second kappa shape index (κ2) is 5.21. The largest absolute Gasteiger partial charge is 0.496 e. The molecule has 0 saturated carbocycles. The third-order valence-corrected chi connectivity index (χ3v) is 3.85. The van der Waals surface area contributed by atoms with Gasteiger partial charge in [-0.3, -0.25) is 4.79 Å². The Morgan fingerprint density at radius 1 is 1.04 bits per heavy atom. The molecule has 0 atom stereocenters. The highest BCUT2D eigenvalue weighted by molar-refractivity contribution is 6.03. The zero-order chi connectivity index (χ0) is 15.8. The van der Waals surface area contributed by atoms with Crippen LogP contribution in [0.25, 0.3) is 27.5 Å². The number of aromatic nitrogens is 3. The van der Waals surface area contributed by atoms with E-state index >= 15 is 0 Å². The maximum Gasteiger partial charge on any atom is 0.153 e. The number of benzene rings is 3. The number of carbonyl (C=O) groups is 1. The molecule has 0 aliphatic heterocycles. The fourth-order valence-electron chi connectivity index (χ4n) is 2.69. The standard InChI is InChI=1S/C18H13N3O2/c1-23-17-10-14(8-6-13(17)11-22)21-19-16-9-7-12-4-2-3-5-15(12)18(16)20-21/h2-11H,1H3. The van der Waals surface area contributed by atoms with E-state index in [1.54, 1.807) is 23.0 Å². The number of ether oxygens (including phenoxy) is 1. The van der Waals surface area contributed by atoms with Crippen molar-refractivity contribution in [1.82, 2.24) is 15.0 Å². The number of aldehydes is 1. The summed E-state index contributed by atoms with van der Waals surface area (Å²) in [4.78, 5) is 12.6. The van der Waals surface area contributed by atoms with Crippen LogP contribution in [0.5, 0.6) is 5.75 Å². The number of hydrogen-bond donors (Lipinski definition) is 0. The third-order valence-electron chi connectivity index (χ3n) is 3.85. The Hall–Kier alpha value is -3.21. The molecular weight excluding hydrogens is 290 g/mol. The van der Waals surface area contributed by atoms with E-state index in [0.29, 0.717) is 11.3 Å². The number of rotatable bonds is 3. The minimum absolute atomic E-state index is 0.499. The molecule has 0 spiro atoms. The molecule has 1 heterocycles. The summed E-state index contributed by atoms with van der Waals surface area (Å²) < 4.78 is 5.24. The van der Waals surface area contributed by atoms with Crippen LogP contribution in [-0.4, -0.2) is 28.4 Å². The number of nitrogens with zero attached hydrogens (tertiary/aromatic N) is 3. The Labute approximate surface area is 132 Å². The molecule has 0 aliphatic carbocycles. The molecular formula is C18H13N3O2. The van der Waals surface area contributed by atoms with E-state index < -0.39 is 0 Å². The van der Waals surface area contributed by atoms with Crippen molar-refractivity contribution in [2.24, 2.45) is 0 Å². The van der Waals surface area contributed by atoms with Crippen molar-refractivity contribution in [3.63, 3.8) is 0 Å². The molecule has 0 N–H and O–H groups in total. The molecule has 1 aromatic heterocycles. The molecule has 23 heavy (non-hydrogen) atoms. The monoisotopic (exact) mass is 303 g/mol. The van der Waals surface area contributed by atoms with E-state index in [9.17, 15) is 4.79 Å². The molecule has 5 heteroatoms. The van der Waals surface area contributed by atoms with Gasteiger partial charge in [-0.2, -0.15) is 4.80 Å². The van der Waals surface area contributed by atoms with Gasteiger partial charge in [0.2, 0.25) is 0 Å². The first-order chi connectivity index (χ1) is 11.3. The van der Waals surface area contributed by atoms with Crippen molar-refractivity contribution >= 4 is 28.1 Å². The number of fused-ring (bicyclic) bond motifs is 3. The van der Waals surface area contributed by atoms with Gasteiger partial charge in [-0.1, -0.05) is 30.3 Å². The van der Waals surface area contributed by atoms with Crippen molar-refractivity contribution in [2.45, 2.75) is 0 Å². The highest BCUT2D eigenvalue weighted by atomic mass is 16.5. The zero-order valence-corrected chi connectivity index (χ0v) is 12.4. The number of methoxy groups -OCH3 is 1. The van der Waals surface area contributed by atoms with Gasteiger partial charge < -0.3 is 4.74 Å². The summed E-state index contributed by atoms with van der Waals surface area (Å²) in [7, 11) is 1.53. The third kappa shape index (κ3) is 2.14. The van der Waals surface area contributed by atoms with Gasteiger partial charge in [0.25, 0.3) is 0 Å². The molecule has 4 aromatic rings. The molecule has 0 fully saturated rings. The predicted octanol–water partition coefficient (Wildman–Crippen LogP) is 3.39. The predicted molar refractivity (Wildman–Crippen MR) is 88.3 cm³/mol. The molecule has 112 valence electrons. The van der Waals surface area contributed by atoms with Crippen LogP contribution in [0.15, 0.2) is 54.6 Å². The lowest BCUT2D eigenvalue weighted by atomic mass is 10.1. The van der Waals surface area contributed by atoms with Crippen molar-refractivity contribution in [3.8, 4) is 11.4 Å². The Morgan fingerprint density at radius 2 is 1.91 bits per heavy atom. The van der Waals surface area contributed by atoms with Crippen molar-refractivity contribution < 1.29 is 9.53 Å². The van der Waals surface area contributed by atoms with Crippen LogP contribution in [0.2, 0.25) is 0 Å². The lowest BCUT2D eigenvalue weighted by Crippen LogP contribution is -2.00. The fourth-order valence-corrected chi connectivity index (χ4v) is 2.69. The Morgan fingerprint density at radius 3 is 2.74 bits per heavy atom. The lowest BCUT2D eigenvalue weighted by molar-refractivity contribution is 0.112. The quantitative estimate of drug-likeness (QED) is 0.544. The molecule has 0 unspecified atom stereocenters. The van der Waals surface area contributed by atoms with Crippen LogP contribution in [0.3, 0.4) is 0 Å². The maximum absolute atomic E-state index is 11.0.